The van der Waals surface area contributed by atoms with Gasteiger partial charge in [0.25, 0.3) is 11.7 Å². The van der Waals surface area contributed by atoms with Crippen LogP contribution in [0.5, 0.6) is 0 Å². The van der Waals surface area contributed by atoms with Crippen LogP contribution in [0, 0.1) is 0 Å². The Balaban J connectivity index is 1.47. The Hall–Kier alpha value is -2.02. The molecule has 1 atom stereocenters. The molecule has 0 aliphatic carbocycles. The van der Waals surface area contributed by atoms with E-state index in [0.29, 0.717) is 11.8 Å². The van der Waals surface area contributed by atoms with Gasteiger partial charge in [0.05, 0.1) is 0 Å². The van der Waals surface area contributed by atoms with Gasteiger partial charge in [-0.15, -0.1) is 5.10 Å². The summed E-state index contributed by atoms with van der Waals surface area (Å²) in [5.41, 5.74) is 0. The van der Waals surface area contributed by atoms with Crippen molar-refractivity contribution in [1.82, 2.24) is 29.4 Å². The predicted octanol–water partition coefficient (Wildman–Crippen LogP) is 1.60. The first-order valence-electron chi connectivity index (χ1n) is 9.02. The zero-order chi connectivity index (χ0) is 16.4. The Morgan fingerprint density at radius 3 is 2.83 bits per heavy atom. The number of nitrogens with zero attached hydrogens (tertiary/aromatic N) is 6. The van der Waals surface area contributed by atoms with Gasteiger partial charge in [0, 0.05) is 31.5 Å². The van der Waals surface area contributed by atoms with Crippen molar-refractivity contribution in [2.75, 3.05) is 26.2 Å². The van der Waals surface area contributed by atoms with Crippen LogP contribution in [-0.2, 0) is 0 Å². The summed E-state index contributed by atoms with van der Waals surface area (Å²) in [7, 11) is 0. The number of carbonyl (C=O) groups excluding carboxylic acids is 1. The van der Waals surface area contributed by atoms with Crippen LogP contribution in [0.2, 0.25) is 0 Å². The highest BCUT2D eigenvalue weighted by Crippen LogP contribution is 2.22. The van der Waals surface area contributed by atoms with Crippen molar-refractivity contribution in [3.63, 3.8) is 0 Å². The average Bonchev–Trinajstić information content (AvgIpc) is 3.29. The van der Waals surface area contributed by atoms with Gasteiger partial charge >= 0.3 is 0 Å². The molecule has 2 saturated heterocycles. The van der Waals surface area contributed by atoms with Gasteiger partial charge in [-0.2, -0.15) is 4.98 Å². The zero-order valence-corrected chi connectivity index (χ0v) is 14.0. The van der Waals surface area contributed by atoms with E-state index in [-0.39, 0.29) is 11.7 Å². The highest BCUT2D eigenvalue weighted by atomic mass is 16.2. The molecule has 128 valence electrons. The first kappa shape index (κ1) is 15.5. The molecule has 0 radical (unpaired) electrons. The second-order valence-electron chi connectivity index (χ2n) is 6.79. The SMILES string of the molecule is O=C(c1nc2ncccn2n1)N1CCCC[C@@H]1CCN1CCCC1. The van der Waals surface area contributed by atoms with Crippen molar-refractivity contribution in [3.8, 4) is 0 Å². The summed E-state index contributed by atoms with van der Waals surface area (Å²) in [6.07, 6.45) is 10.5. The molecule has 1 amide bonds. The summed E-state index contributed by atoms with van der Waals surface area (Å²) in [5, 5.41) is 4.30. The van der Waals surface area contributed by atoms with E-state index in [1.807, 2.05) is 4.90 Å². The third-order valence-corrected chi connectivity index (χ3v) is 5.17. The zero-order valence-electron chi connectivity index (χ0n) is 14.0. The highest BCUT2D eigenvalue weighted by Gasteiger charge is 2.30. The molecule has 2 fully saturated rings. The second-order valence-corrected chi connectivity index (χ2v) is 6.79. The Morgan fingerprint density at radius 1 is 1.17 bits per heavy atom. The number of piperidine rings is 1. The minimum absolute atomic E-state index is 0.0494. The maximum atomic E-state index is 12.9. The maximum Gasteiger partial charge on any atom is 0.293 e. The van der Waals surface area contributed by atoms with E-state index >= 15 is 0 Å². The maximum absolute atomic E-state index is 12.9. The van der Waals surface area contributed by atoms with Crippen LogP contribution in [0.25, 0.3) is 5.78 Å². The predicted molar refractivity (Wildman–Crippen MR) is 89.7 cm³/mol. The number of amides is 1. The van der Waals surface area contributed by atoms with Crippen molar-refractivity contribution in [2.24, 2.45) is 0 Å². The van der Waals surface area contributed by atoms with Gasteiger partial charge < -0.3 is 9.80 Å². The lowest BCUT2D eigenvalue weighted by molar-refractivity contribution is 0.0575. The van der Waals surface area contributed by atoms with E-state index in [1.54, 1.807) is 23.0 Å². The molecule has 2 aliphatic heterocycles. The van der Waals surface area contributed by atoms with Gasteiger partial charge in [-0.1, -0.05) is 0 Å². The van der Waals surface area contributed by atoms with Crippen LogP contribution < -0.4 is 0 Å². The van der Waals surface area contributed by atoms with Crippen LogP contribution in [0.15, 0.2) is 18.5 Å². The lowest BCUT2D eigenvalue weighted by atomic mass is 9.99. The lowest BCUT2D eigenvalue weighted by Crippen LogP contribution is -2.45. The average molecular weight is 328 g/mol. The van der Waals surface area contributed by atoms with E-state index < -0.39 is 0 Å². The standard InChI is InChI=1S/C17H24N6O/c24-16(15-19-17-18-8-5-12-23(17)20-15)22-11-2-1-6-14(22)7-13-21-9-3-4-10-21/h5,8,12,14H,1-4,6-7,9-11,13H2/t14-/m1/s1. The summed E-state index contributed by atoms with van der Waals surface area (Å²) in [4.78, 5) is 25.9. The molecule has 2 aromatic heterocycles. The van der Waals surface area contributed by atoms with Gasteiger partial charge in [-0.3, -0.25) is 4.79 Å². The summed E-state index contributed by atoms with van der Waals surface area (Å²) in [6, 6.07) is 2.10. The third-order valence-electron chi connectivity index (χ3n) is 5.17. The summed E-state index contributed by atoms with van der Waals surface area (Å²) < 4.78 is 1.57. The Kier molecular flexibility index (Phi) is 4.42. The van der Waals surface area contributed by atoms with Crippen molar-refractivity contribution >= 4 is 11.7 Å². The number of aromatic nitrogens is 4. The Labute approximate surface area is 141 Å². The number of fused-ring (bicyclic) bond motifs is 1. The smallest absolute Gasteiger partial charge is 0.293 e. The molecular formula is C17H24N6O. The van der Waals surface area contributed by atoms with Gasteiger partial charge in [-0.25, -0.2) is 9.50 Å². The molecule has 4 rings (SSSR count). The molecule has 4 heterocycles. The number of hydrogen-bond donors (Lipinski definition) is 0. The molecule has 0 aromatic carbocycles. The molecular weight excluding hydrogens is 304 g/mol. The van der Waals surface area contributed by atoms with Crippen molar-refractivity contribution in [1.29, 1.82) is 0 Å². The van der Waals surface area contributed by atoms with Crippen LogP contribution >= 0.6 is 0 Å². The number of hydrogen-bond acceptors (Lipinski definition) is 5. The third kappa shape index (κ3) is 3.13. The van der Waals surface area contributed by atoms with E-state index in [4.69, 9.17) is 0 Å². The number of likely N-dealkylation sites (tertiary alicyclic amines) is 2. The molecule has 0 bridgehead atoms. The molecule has 0 spiro atoms. The minimum atomic E-state index is -0.0494. The van der Waals surface area contributed by atoms with Gasteiger partial charge in [-0.05, 0) is 57.7 Å². The van der Waals surface area contributed by atoms with Crippen LogP contribution in [0.3, 0.4) is 0 Å². The van der Waals surface area contributed by atoms with Gasteiger partial charge in [0.15, 0.2) is 0 Å². The first-order valence-corrected chi connectivity index (χ1v) is 9.02. The van der Waals surface area contributed by atoms with Crippen LogP contribution in [-0.4, -0.2) is 67.5 Å². The molecule has 2 aromatic rings. The highest BCUT2D eigenvalue weighted by molar-refractivity contribution is 5.91. The largest absolute Gasteiger partial charge is 0.333 e. The fraction of sp³-hybridized carbons (Fsp3) is 0.647. The number of rotatable bonds is 4. The van der Waals surface area contributed by atoms with Gasteiger partial charge in [0.2, 0.25) is 5.82 Å². The number of carbonyl (C=O) groups is 1. The van der Waals surface area contributed by atoms with Crippen molar-refractivity contribution in [2.45, 2.75) is 44.6 Å². The quantitative estimate of drug-likeness (QED) is 0.853. The van der Waals surface area contributed by atoms with E-state index in [1.165, 1.54) is 32.4 Å². The van der Waals surface area contributed by atoms with E-state index in [2.05, 4.69) is 20.0 Å². The molecule has 7 nitrogen and oxygen atoms in total. The first-order chi connectivity index (χ1) is 11.8. The Morgan fingerprint density at radius 2 is 2.00 bits per heavy atom. The summed E-state index contributed by atoms with van der Waals surface area (Å²) >= 11 is 0. The fourth-order valence-electron chi connectivity index (χ4n) is 3.86. The molecule has 7 heteroatoms. The Bertz CT molecular complexity index is 675. The lowest BCUT2D eigenvalue weighted by Gasteiger charge is -2.36. The monoisotopic (exact) mass is 328 g/mol. The normalized spacial score (nSPS) is 22.3. The summed E-state index contributed by atoms with van der Waals surface area (Å²) in [5.74, 6) is 0.694. The molecule has 24 heavy (non-hydrogen) atoms. The van der Waals surface area contributed by atoms with Crippen molar-refractivity contribution < 1.29 is 4.79 Å². The molecule has 0 N–H and O–H groups in total. The molecule has 0 unspecified atom stereocenters. The molecule has 0 saturated carbocycles. The van der Waals surface area contributed by atoms with Crippen LogP contribution in [0.1, 0.15) is 49.1 Å². The van der Waals surface area contributed by atoms with Crippen molar-refractivity contribution in [3.05, 3.63) is 24.3 Å². The topological polar surface area (TPSA) is 66.6 Å². The summed E-state index contributed by atoms with van der Waals surface area (Å²) in [6.45, 7) is 4.32. The fourth-order valence-corrected chi connectivity index (χ4v) is 3.86. The van der Waals surface area contributed by atoms with Crippen LogP contribution in [0.4, 0.5) is 0 Å². The minimum Gasteiger partial charge on any atom is -0.333 e. The van der Waals surface area contributed by atoms with E-state index in [9.17, 15) is 4.79 Å². The molecule has 2 aliphatic rings. The van der Waals surface area contributed by atoms with Gasteiger partial charge in [0.1, 0.15) is 0 Å². The second kappa shape index (κ2) is 6.84. The van der Waals surface area contributed by atoms with E-state index in [0.717, 1.165) is 32.4 Å².